The number of amides is 1. The summed E-state index contributed by atoms with van der Waals surface area (Å²) in [4.78, 5) is 20.5. The summed E-state index contributed by atoms with van der Waals surface area (Å²) in [5.74, 6) is -0.967. The number of hydrogen-bond acceptors (Lipinski definition) is 5. The quantitative estimate of drug-likeness (QED) is 0.458. The van der Waals surface area contributed by atoms with Crippen LogP contribution < -0.4 is 15.8 Å². The van der Waals surface area contributed by atoms with Gasteiger partial charge in [-0.05, 0) is 55.3 Å². The van der Waals surface area contributed by atoms with Crippen LogP contribution in [-0.2, 0) is 0 Å². The van der Waals surface area contributed by atoms with Crippen LogP contribution in [0.25, 0.3) is 22.0 Å². The topological polar surface area (TPSA) is 90.1 Å². The van der Waals surface area contributed by atoms with E-state index < -0.39 is 11.7 Å². The number of hydrogen-bond donors (Lipinski definition) is 2. The number of pyridine rings is 2. The fraction of sp³-hybridized carbons (Fsp3) is 0.125. The molecule has 6 nitrogen and oxygen atoms in total. The first kappa shape index (κ1) is 20.3. The maximum Gasteiger partial charge on any atom is 0.252 e. The number of primary amides is 1. The van der Waals surface area contributed by atoms with Crippen molar-refractivity contribution >= 4 is 28.2 Å². The Kier molecular flexibility index (Phi) is 5.49. The lowest BCUT2D eigenvalue weighted by atomic mass is 10.0. The third kappa shape index (κ3) is 4.30. The lowest BCUT2D eigenvalue weighted by Crippen LogP contribution is -2.14. The zero-order valence-corrected chi connectivity index (χ0v) is 17.1. The minimum Gasteiger partial charge on any atom is -0.488 e. The Morgan fingerprint density at radius 1 is 1.06 bits per heavy atom. The van der Waals surface area contributed by atoms with Crippen molar-refractivity contribution in [2.45, 2.75) is 20.0 Å². The van der Waals surface area contributed by atoms with E-state index in [0.29, 0.717) is 22.3 Å². The van der Waals surface area contributed by atoms with Crippen LogP contribution in [0.15, 0.2) is 67.1 Å². The van der Waals surface area contributed by atoms with Gasteiger partial charge in [0.05, 0.1) is 22.9 Å². The van der Waals surface area contributed by atoms with Crippen molar-refractivity contribution in [1.82, 2.24) is 9.97 Å². The summed E-state index contributed by atoms with van der Waals surface area (Å²) in [6, 6.07) is 14.1. The molecule has 4 aromatic rings. The van der Waals surface area contributed by atoms with Crippen LogP contribution in [-0.4, -0.2) is 22.0 Å². The third-order valence-corrected chi connectivity index (χ3v) is 4.71. The summed E-state index contributed by atoms with van der Waals surface area (Å²) >= 11 is 0. The van der Waals surface area contributed by atoms with Gasteiger partial charge in [0.2, 0.25) is 0 Å². The van der Waals surface area contributed by atoms with Gasteiger partial charge in [0, 0.05) is 35.7 Å². The van der Waals surface area contributed by atoms with E-state index in [2.05, 4.69) is 15.3 Å². The molecule has 3 N–H and O–H groups in total. The van der Waals surface area contributed by atoms with E-state index in [1.165, 1.54) is 12.3 Å². The van der Waals surface area contributed by atoms with Crippen LogP contribution in [0.3, 0.4) is 0 Å². The highest BCUT2D eigenvalue weighted by Crippen LogP contribution is 2.33. The Balaban J connectivity index is 1.77. The normalized spacial score (nSPS) is 11.0. The monoisotopic (exact) mass is 416 g/mol. The number of fused-ring (bicyclic) bond motifs is 1. The summed E-state index contributed by atoms with van der Waals surface area (Å²) in [6.45, 7) is 3.65. The van der Waals surface area contributed by atoms with Gasteiger partial charge in [-0.15, -0.1) is 0 Å². The lowest BCUT2D eigenvalue weighted by molar-refractivity contribution is 0.100. The minimum atomic E-state index is -0.629. The number of nitrogens with two attached hydrogens (primary N) is 1. The van der Waals surface area contributed by atoms with E-state index in [-0.39, 0.29) is 17.4 Å². The van der Waals surface area contributed by atoms with Crippen molar-refractivity contribution in [3.63, 3.8) is 0 Å². The van der Waals surface area contributed by atoms with Crippen molar-refractivity contribution in [3.05, 3.63) is 78.5 Å². The van der Waals surface area contributed by atoms with E-state index in [1.807, 2.05) is 44.2 Å². The van der Waals surface area contributed by atoms with Crippen molar-refractivity contribution in [3.8, 4) is 16.9 Å². The Labute approximate surface area is 178 Å². The van der Waals surface area contributed by atoms with E-state index >= 15 is 0 Å². The van der Waals surface area contributed by atoms with Gasteiger partial charge in [0.1, 0.15) is 0 Å². The van der Waals surface area contributed by atoms with Crippen molar-refractivity contribution in [1.29, 1.82) is 0 Å². The van der Waals surface area contributed by atoms with Gasteiger partial charge in [0.15, 0.2) is 11.6 Å². The Morgan fingerprint density at radius 2 is 1.84 bits per heavy atom. The highest BCUT2D eigenvalue weighted by molar-refractivity contribution is 6.08. The number of ether oxygens (including phenoxy) is 1. The third-order valence-electron chi connectivity index (χ3n) is 4.71. The van der Waals surface area contributed by atoms with Crippen molar-refractivity contribution < 1.29 is 13.9 Å². The lowest BCUT2D eigenvalue weighted by Gasteiger charge is -2.15. The number of aromatic nitrogens is 2. The van der Waals surface area contributed by atoms with Crippen LogP contribution in [0.5, 0.6) is 5.75 Å². The van der Waals surface area contributed by atoms with Gasteiger partial charge < -0.3 is 15.8 Å². The van der Waals surface area contributed by atoms with E-state index in [0.717, 1.165) is 11.1 Å². The second-order valence-corrected chi connectivity index (χ2v) is 7.32. The average molecular weight is 416 g/mol. The van der Waals surface area contributed by atoms with Crippen molar-refractivity contribution in [2.75, 3.05) is 5.32 Å². The van der Waals surface area contributed by atoms with Crippen LogP contribution in [0.4, 0.5) is 15.8 Å². The molecule has 4 rings (SSSR count). The largest absolute Gasteiger partial charge is 0.488 e. The average Bonchev–Trinajstić information content (AvgIpc) is 2.75. The molecule has 0 saturated heterocycles. The second-order valence-electron chi connectivity index (χ2n) is 7.32. The molecular formula is C24H21FN4O2. The molecule has 7 heteroatoms. The molecule has 0 aliphatic heterocycles. The molecule has 0 aliphatic carbocycles. The first-order valence-electron chi connectivity index (χ1n) is 9.78. The van der Waals surface area contributed by atoms with Crippen LogP contribution in [0.2, 0.25) is 0 Å². The maximum absolute atomic E-state index is 14.5. The molecule has 2 aromatic heterocycles. The minimum absolute atomic E-state index is 0.145. The van der Waals surface area contributed by atoms with Crippen LogP contribution in [0, 0.1) is 5.82 Å². The van der Waals surface area contributed by atoms with Crippen molar-refractivity contribution in [2.24, 2.45) is 5.73 Å². The van der Waals surface area contributed by atoms with Gasteiger partial charge >= 0.3 is 0 Å². The molecule has 0 fully saturated rings. The predicted octanol–water partition coefficient (Wildman–Crippen LogP) is 5.07. The Hall–Kier alpha value is -4.00. The highest BCUT2D eigenvalue weighted by Gasteiger charge is 2.15. The summed E-state index contributed by atoms with van der Waals surface area (Å²) in [5, 5.41) is 3.82. The van der Waals surface area contributed by atoms with E-state index in [4.69, 9.17) is 10.5 Å². The number of benzene rings is 2. The first-order chi connectivity index (χ1) is 14.9. The van der Waals surface area contributed by atoms with Gasteiger partial charge in [-0.25, -0.2) is 4.39 Å². The van der Waals surface area contributed by atoms with E-state index in [1.54, 1.807) is 24.5 Å². The molecule has 1 amide bonds. The fourth-order valence-corrected chi connectivity index (χ4v) is 3.31. The number of rotatable bonds is 6. The molecule has 0 spiro atoms. The maximum atomic E-state index is 14.5. The fourth-order valence-electron chi connectivity index (χ4n) is 3.31. The number of carbonyl (C=O) groups excluding carboxylic acids is 1. The first-order valence-corrected chi connectivity index (χ1v) is 9.78. The molecular weight excluding hydrogens is 395 g/mol. The Morgan fingerprint density at radius 3 is 2.52 bits per heavy atom. The number of nitrogens with zero attached hydrogens (tertiary/aromatic N) is 2. The number of anilines is 2. The van der Waals surface area contributed by atoms with E-state index in [9.17, 15) is 9.18 Å². The van der Waals surface area contributed by atoms with Gasteiger partial charge in [0.25, 0.3) is 5.91 Å². The summed E-state index contributed by atoms with van der Waals surface area (Å²) in [7, 11) is 0. The predicted molar refractivity (Wildman–Crippen MR) is 119 cm³/mol. The molecule has 2 aromatic carbocycles. The zero-order valence-electron chi connectivity index (χ0n) is 17.1. The highest BCUT2D eigenvalue weighted by atomic mass is 19.1. The smallest absolute Gasteiger partial charge is 0.252 e. The zero-order chi connectivity index (χ0) is 22.0. The second kappa shape index (κ2) is 8.39. The molecule has 31 heavy (non-hydrogen) atoms. The molecule has 0 aliphatic rings. The summed E-state index contributed by atoms with van der Waals surface area (Å²) < 4.78 is 19.9. The molecule has 0 saturated carbocycles. The Bertz CT molecular complexity index is 1260. The molecule has 0 bridgehead atoms. The summed E-state index contributed by atoms with van der Waals surface area (Å²) in [5.41, 5.74) is 9.34. The van der Waals surface area contributed by atoms with Crippen LogP contribution in [0.1, 0.15) is 24.2 Å². The molecule has 0 radical (unpaired) electrons. The molecule has 0 atom stereocenters. The van der Waals surface area contributed by atoms with Gasteiger partial charge in [-0.2, -0.15) is 0 Å². The van der Waals surface area contributed by atoms with Crippen LogP contribution >= 0.6 is 0 Å². The van der Waals surface area contributed by atoms with Gasteiger partial charge in [-0.1, -0.05) is 12.1 Å². The molecule has 0 unspecified atom stereocenters. The number of halogens is 1. The van der Waals surface area contributed by atoms with Gasteiger partial charge in [-0.3, -0.25) is 14.8 Å². The molecule has 156 valence electrons. The summed E-state index contributed by atoms with van der Waals surface area (Å²) in [6.07, 6.45) is 4.72. The number of nitrogens with one attached hydrogen (secondary N) is 1. The SMILES string of the molecule is CC(C)Oc1ccc(Nc2c(C(N)=O)cnc3cc(-c4ccncc4)ccc23)cc1F. The molecule has 2 heterocycles. The standard InChI is InChI=1S/C24H21FN4O2/c1-14(2)31-22-6-4-17(12-20(22)25)29-23-18-5-3-16(15-7-9-27-10-8-15)11-21(18)28-13-19(23)24(26)30/h3-14H,1-2H3,(H2,26,30)(H,28,29). The number of carbonyl (C=O) groups is 1.